The van der Waals surface area contributed by atoms with Crippen LogP contribution in [0.3, 0.4) is 0 Å². The first-order valence-corrected chi connectivity index (χ1v) is 7.74. The minimum absolute atomic E-state index is 0.343. The number of halogens is 3. The lowest BCUT2D eigenvalue weighted by Crippen LogP contribution is -2.25. The second-order valence-corrected chi connectivity index (χ2v) is 6.03. The van der Waals surface area contributed by atoms with E-state index in [9.17, 15) is 9.90 Å². The van der Waals surface area contributed by atoms with Crippen LogP contribution in [-0.2, 0) is 4.79 Å². The third-order valence-corrected chi connectivity index (χ3v) is 4.16. The van der Waals surface area contributed by atoms with E-state index < -0.39 is 12.0 Å². The Hall–Kier alpha value is -1.40. The van der Waals surface area contributed by atoms with Crippen LogP contribution in [0, 0.1) is 0 Å². The van der Waals surface area contributed by atoms with Gasteiger partial charge in [0, 0.05) is 10.0 Å². The molecule has 0 aromatic heterocycles. The van der Waals surface area contributed by atoms with Crippen LogP contribution in [0.25, 0.3) is 0 Å². The van der Waals surface area contributed by atoms with E-state index in [-0.39, 0.29) is 0 Å². The van der Waals surface area contributed by atoms with Crippen LogP contribution in [-0.4, -0.2) is 17.2 Å². The van der Waals surface area contributed by atoms with Gasteiger partial charge in [-0.05, 0) is 23.8 Å². The summed E-state index contributed by atoms with van der Waals surface area (Å²) in [5.41, 5.74) is 3.29. The van der Waals surface area contributed by atoms with Crippen LogP contribution in [0.1, 0.15) is 17.2 Å². The summed E-state index contributed by atoms with van der Waals surface area (Å²) in [6.07, 6.45) is 0.0560. The normalized spacial score (nSPS) is 12.4. The van der Waals surface area contributed by atoms with E-state index in [1.807, 2.05) is 0 Å². The van der Waals surface area contributed by atoms with E-state index >= 15 is 0 Å². The number of amides is 1. The highest BCUT2D eigenvalue weighted by atomic mass is 79.9. The highest BCUT2D eigenvalue weighted by Gasteiger charge is 2.16. The minimum atomic E-state index is -1.31. The second kappa shape index (κ2) is 7.74. The monoisotopic (exact) mass is 400 g/mol. The molecule has 1 amide bonds. The summed E-state index contributed by atoms with van der Waals surface area (Å²) >= 11 is 15.1. The summed E-state index contributed by atoms with van der Waals surface area (Å²) in [4.78, 5) is 11.8. The van der Waals surface area contributed by atoms with Crippen molar-refractivity contribution in [3.8, 4) is 0 Å². The van der Waals surface area contributed by atoms with Gasteiger partial charge < -0.3 is 5.11 Å². The maximum absolute atomic E-state index is 11.8. The van der Waals surface area contributed by atoms with Crippen LogP contribution in [0.5, 0.6) is 0 Å². The van der Waals surface area contributed by atoms with Gasteiger partial charge in [-0.15, -0.1) is 0 Å². The molecule has 0 saturated heterocycles. The van der Waals surface area contributed by atoms with Crippen molar-refractivity contribution < 1.29 is 9.90 Å². The lowest BCUT2D eigenvalue weighted by Gasteiger charge is -2.09. The van der Waals surface area contributed by atoms with Gasteiger partial charge >= 0.3 is 0 Å². The topological polar surface area (TPSA) is 61.7 Å². The quantitative estimate of drug-likeness (QED) is 0.602. The van der Waals surface area contributed by atoms with Gasteiger partial charge in [0.15, 0.2) is 6.10 Å². The molecular formula is C15H11BrCl2N2O2. The van der Waals surface area contributed by atoms with Crippen LogP contribution < -0.4 is 5.43 Å². The molecule has 2 rings (SSSR count). The maximum atomic E-state index is 11.8. The Bertz CT molecular complexity index is 705. The van der Waals surface area contributed by atoms with E-state index in [0.717, 1.165) is 4.47 Å². The number of carbonyl (C=O) groups excluding carboxylic acids is 1. The zero-order chi connectivity index (χ0) is 16.1. The Morgan fingerprint density at radius 1 is 1.23 bits per heavy atom. The van der Waals surface area contributed by atoms with Crippen molar-refractivity contribution in [3.63, 3.8) is 0 Å². The number of nitrogens with zero attached hydrogens (tertiary/aromatic N) is 1. The Labute approximate surface area is 145 Å². The van der Waals surface area contributed by atoms with Crippen molar-refractivity contribution in [2.24, 2.45) is 5.10 Å². The molecule has 1 atom stereocenters. The molecule has 114 valence electrons. The fourth-order valence-corrected chi connectivity index (χ4v) is 2.26. The number of hydrogen-bond donors (Lipinski definition) is 2. The number of hydrogen-bond acceptors (Lipinski definition) is 3. The van der Waals surface area contributed by atoms with Crippen LogP contribution in [0.2, 0.25) is 10.0 Å². The second-order valence-electron chi connectivity index (χ2n) is 4.33. The average Bonchev–Trinajstić information content (AvgIpc) is 2.51. The lowest BCUT2D eigenvalue weighted by molar-refractivity contribution is -0.129. The van der Waals surface area contributed by atoms with Gasteiger partial charge in [-0.3, -0.25) is 4.79 Å². The number of aliphatic hydroxyl groups is 1. The van der Waals surface area contributed by atoms with Crippen molar-refractivity contribution in [1.29, 1.82) is 0 Å². The summed E-state index contributed by atoms with van der Waals surface area (Å²) in [5, 5.41) is 14.4. The van der Waals surface area contributed by atoms with Gasteiger partial charge in [-0.2, -0.15) is 5.10 Å². The summed E-state index contributed by atoms with van der Waals surface area (Å²) in [5.74, 6) is -0.642. The van der Waals surface area contributed by atoms with Crippen LogP contribution >= 0.6 is 39.1 Å². The summed E-state index contributed by atoms with van der Waals surface area (Å²) in [6, 6.07) is 11.8. The molecule has 7 heteroatoms. The van der Waals surface area contributed by atoms with Gasteiger partial charge in [0.25, 0.3) is 5.91 Å². The highest BCUT2D eigenvalue weighted by Crippen LogP contribution is 2.24. The molecule has 0 fully saturated rings. The molecule has 1 unspecified atom stereocenters. The number of rotatable bonds is 4. The first-order chi connectivity index (χ1) is 10.5. The zero-order valence-electron chi connectivity index (χ0n) is 11.1. The van der Waals surface area contributed by atoms with E-state index in [1.165, 1.54) is 6.21 Å². The van der Waals surface area contributed by atoms with E-state index in [0.29, 0.717) is 21.2 Å². The summed E-state index contributed by atoms with van der Waals surface area (Å²) in [6.45, 7) is 0. The molecule has 0 heterocycles. The molecule has 2 N–H and O–H groups in total. The Balaban J connectivity index is 2.01. The number of carbonyl (C=O) groups is 1. The molecule has 0 saturated carbocycles. The van der Waals surface area contributed by atoms with Crippen molar-refractivity contribution >= 4 is 51.3 Å². The van der Waals surface area contributed by atoms with Gasteiger partial charge in [0.2, 0.25) is 0 Å². The maximum Gasteiger partial charge on any atom is 0.273 e. The molecule has 4 nitrogen and oxygen atoms in total. The fourth-order valence-electron chi connectivity index (χ4n) is 1.64. The first kappa shape index (κ1) is 17.0. The van der Waals surface area contributed by atoms with Crippen molar-refractivity contribution in [2.45, 2.75) is 6.10 Å². The SMILES string of the molecule is O=C(N/N=C/c1cccc(Cl)c1Cl)C(O)c1ccc(Br)cc1. The van der Waals surface area contributed by atoms with E-state index in [1.54, 1.807) is 42.5 Å². The van der Waals surface area contributed by atoms with Gasteiger partial charge in [0.05, 0.1) is 16.3 Å². The zero-order valence-corrected chi connectivity index (χ0v) is 14.2. The molecule has 0 aliphatic heterocycles. The van der Waals surface area contributed by atoms with E-state index in [2.05, 4.69) is 26.5 Å². The van der Waals surface area contributed by atoms with Crippen LogP contribution in [0.4, 0.5) is 0 Å². The largest absolute Gasteiger partial charge is 0.378 e. The smallest absolute Gasteiger partial charge is 0.273 e. The van der Waals surface area contributed by atoms with Crippen molar-refractivity contribution in [1.82, 2.24) is 5.43 Å². The van der Waals surface area contributed by atoms with Crippen molar-refractivity contribution in [2.75, 3.05) is 0 Å². The third-order valence-electron chi connectivity index (χ3n) is 2.79. The standard InChI is InChI=1S/C15H11BrCl2N2O2/c16-11-6-4-9(5-7-11)14(21)15(22)20-19-8-10-2-1-3-12(17)13(10)18/h1-8,14,21H,(H,20,22)/b19-8+. The Kier molecular flexibility index (Phi) is 5.97. The molecule has 0 spiro atoms. The first-order valence-electron chi connectivity index (χ1n) is 6.19. The molecular weight excluding hydrogens is 391 g/mol. The van der Waals surface area contributed by atoms with Gasteiger partial charge in [0.1, 0.15) is 0 Å². The van der Waals surface area contributed by atoms with Gasteiger partial charge in [-0.1, -0.05) is 63.4 Å². The number of nitrogens with one attached hydrogen (secondary N) is 1. The van der Waals surface area contributed by atoms with Crippen molar-refractivity contribution in [3.05, 3.63) is 68.1 Å². The van der Waals surface area contributed by atoms with Gasteiger partial charge in [-0.25, -0.2) is 5.43 Å². The average molecular weight is 402 g/mol. The minimum Gasteiger partial charge on any atom is -0.378 e. The summed E-state index contributed by atoms with van der Waals surface area (Å²) < 4.78 is 0.859. The molecule has 22 heavy (non-hydrogen) atoms. The summed E-state index contributed by atoms with van der Waals surface area (Å²) in [7, 11) is 0. The third kappa shape index (κ3) is 4.30. The molecule has 0 aliphatic rings. The molecule has 2 aromatic rings. The van der Waals surface area contributed by atoms with Crippen LogP contribution in [0.15, 0.2) is 52.0 Å². The predicted octanol–water partition coefficient (Wildman–Crippen LogP) is 3.94. The number of benzene rings is 2. The predicted molar refractivity (Wildman–Crippen MR) is 91.3 cm³/mol. The number of hydrazone groups is 1. The Morgan fingerprint density at radius 2 is 1.91 bits per heavy atom. The lowest BCUT2D eigenvalue weighted by atomic mass is 10.1. The highest BCUT2D eigenvalue weighted by molar-refractivity contribution is 9.10. The number of aliphatic hydroxyl groups excluding tert-OH is 1. The fraction of sp³-hybridized carbons (Fsp3) is 0.0667. The Morgan fingerprint density at radius 3 is 2.59 bits per heavy atom. The molecule has 2 aromatic carbocycles. The molecule has 0 aliphatic carbocycles. The molecule has 0 radical (unpaired) electrons. The van der Waals surface area contributed by atoms with E-state index in [4.69, 9.17) is 23.2 Å². The molecule has 0 bridgehead atoms.